The van der Waals surface area contributed by atoms with Gasteiger partial charge in [0.05, 0.1) is 0 Å². The van der Waals surface area contributed by atoms with Gasteiger partial charge in [0.1, 0.15) is 0 Å². The van der Waals surface area contributed by atoms with Crippen LogP contribution in [0.4, 0.5) is 0 Å². The van der Waals surface area contributed by atoms with Gasteiger partial charge in [0.25, 0.3) is 0 Å². The molecule has 1 nitrogen and oxygen atoms in total. The van der Waals surface area contributed by atoms with Crippen LogP contribution in [0.3, 0.4) is 0 Å². The van der Waals surface area contributed by atoms with E-state index in [0.29, 0.717) is 0 Å². The Morgan fingerprint density at radius 3 is 2.27 bits per heavy atom. The smallest absolute Gasteiger partial charge is 0.0444 e. The minimum Gasteiger partial charge on any atom is -0.201 e. The van der Waals surface area contributed by atoms with Crippen LogP contribution in [-0.2, 0) is 0 Å². The molecule has 1 fully saturated rings. The van der Waals surface area contributed by atoms with Crippen LogP contribution >= 0.6 is 11.5 Å². The van der Waals surface area contributed by atoms with Crippen LogP contribution in [0.2, 0.25) is 0 Å². The van der Waals surface area contributed by atoms with Crippen LogP contribution in [-0.4, -0.2) is 4.37 Å². The topological polar surface area (TPSA) is 12.9 Å². The van der Waals surface area contributed by atoms with Crippen LogP contribution < -0.4 is 0 Å². The lowest BCUT2D eigenvalue weighted by Crippen LogP contribution is -2.10. The number of aryl methyl sites for hydroxylation is 1. The molecule has 1 aliphatic carbocycles. The molecule has 0 aromatic carbocycles. The molecule has 1 saturated carbocycles. The van der Waals surface area contributed by atoms with E-state index < -0.39 is 0 Å². The highest BCUT2D eigenvalue weighted by atomic mass is 32.1. The average Bonchev–Trinajstić information content (AvgIpc) is 2.69. The van der Waals surface area contributed by atoms with Gasteiger partial charge in [-0.1, -0.05) is 33.6 Å². The molecule has 0 radical (unpaired) electrons. The van der Waals surface area contributed by atoms with Gasteiger partial charge in [0, 0.05) is 11.1 Å². The Morgan fingerprint density at radius 2 is 1.80 bits per heavy atom. The maximum atomic E-state index is 4.26. The summed E-state index contributed by atoms with van der Waals surface area (Å²) in [6.45, 7) is 8.57. The number of hydrogen-bond donors (Lipinski definition) is 0. The third-order valence-electron chi connectivity index (χ3n) is 3.24. The molecule has 0 N–H and O–H groups in total. The summed E-state index contributed by atoms with van der Waals surface area (Å²) in [5.74, 6) is 1.76. The number of rotatable bonds is 1. The summed E-state index contributed by atoms with van der Waals surface area (Å²) in [5, 5.41) is 0. The summed E-state index contributed by atoms with van der Waals surface area (Å²) in [6, 6.07) is 0. The van der Waals surface area contributed by atoms with Gasteiger partial charge in [0.15, 0.2) is 0 Å². The minimum absolute atomic E-state index is 0.815. The van der Waals surface area contributed by atoms with E-state index in [9.17, 15) is 0 Å². The highest BCUT2D eigenvalue weighted by Crippen LogP contribution is 2.37. The van der Waals surface area contributed by atoms with Crippen molar-refractivity contribution >= 4 is 11.5 Å². The van der Waals surface area contributed by atoms with E-state index in [2.05, 4.69) is 24.4 Å². The molecule has 1 aromatic rings. The maximum Gasteiger partial charge on any atom is 0.0444 e. The Bertz CT molecular complexity index is 272. The van der Waals surface area contributed by atoms with Crippen LogP contribution in [0.15, 0.2) is 6.20 Å². The van der Waals surface area contributed by atoms with Crippen molar-refractivity contribution in [2.24, 2.45) is 5.92 Å². The summed E-state index contributed by atoms with van der Waals surface area (Å²) in [6.07, 6.45) is 7.64. The van der Waals surface area contributed by atoms with Gasteiger partial charge in [-0.25, -0.2) is 4.37 Å². The summed E-state index contributed by atoms with van der Waals surface area (Å²) in [5.41, 5.74) is 1.52. The molecule has 0 spiro atoms. The molecule has 2 heteroatoms. The highest BCUT2D eigenvalue weighted by molar-refractivity contribution is 7.05. The second-order valence-electron chi connectivity index (χ2n) is 4.29. The van der Waals surface area contributed by atoms with Gasteiger partial charge < -0.3 is 0 Å². The zero-order chi connectivity index (χ0) is 11.3. The van der Waals surface area contributed by atoms with Crippen molar-refractivity contribution in [3.05, 3.63) is 16.6 Å². The molecule has 0 atom stereocenters. The SMILES string of the molecule is CC.Cc1sncc1C1CCC(C)CC1. The van der Waals surface area contributed by atoms with Gasteiger partial charge in [-0.3, -0.25) is 0 Å². The summed E-state index contributed by atoms with van der Waals surface area (Å²) in [7, 11) is 0. The van der Waals surface area contributed by atoms with E-state index in [4.69, 9.17) is 0 Å². The van der Waals surface area contributed by atoms with Gasteiger partial charge in [-0.05, 0) is 48.7 Å². The molecule has 0 unspecified atom stereocenters. The summed E-state index contributed by atoms with van der Waals surface area (Å²) in [4.78, 5) is 1.43. The predicted molar refractivity (Wildman–Crippen MR) is 68.6 cm³/mol. The minimum atomic E-state index is 0.815. The first-order valence-electron chi connectivity index (χ1n) is 6.18. The molecule has 0 amide bonds. The lowest BCUT2D eigenvalue weighted by atomic mass is 9.80. The number of aromatic nitrogens is 1. The average molecular weight is 225 g/mol. The van der Waals surface area contributed by atoms with Crippen LogP contribution in [0, 0.1) is 12.8 Å². The van der Waals surface area contributed by atoms with Crippen molar-refractivity contribution in [3.63, 3.8) is 0 Å². The lowest BCUT2D eigenvalue weighted by Gasteiger charge is -2.25. The van der Waals surface area contributed by atoms with Crippen LogP contribution in [0.25, 0.3) is 0 Å². The fraction of sp³-hybridized carbons (Fsp3) is 0.769. The van der Waals surface area contributed by atoms with Crippen molar-refractivity contribution in [2.75, 3.05) is 0 Å². The van der Waals surface area contributed by atoms with E-state index in [1.165, 1.54) is 36.1 Å². The van der Waals surface area contributed by atoms with Crippen LogP contribution in [0.1, 0.15) is 62.8 Å². The summed E-state index contributed by atoms with van der Waals surface area (Å²) >= 11 is 1.65. The van der Waals surface area contributed by atoms with Gasteiger partial charge in [-0.2, -0.15) is 0 Å². The Kier molecular flexibility index (Phi) is 5.30. The molecule has 0 bridgehead atoms. The van der Waals surface area contributed by atoms with Crippen molar-refractivity contribution in [3.8, 4) is 0 Å². The van der Waals surface area contributed by atoms with Gasteiger partial charge >= 0.3 is 0 Å². The quantitative estimate of drug-likeness (QED) is 0.671. The van der Waals surface area contributed by atoms with Crippen molar-refractivity contribution in [1.82, 2.24) is 4.37 Å². The molecule has 1 aromatic heterocycles. The fourth-order valence-electron chi connectivity index (χ4n) is 2.27. The Morgan fingerprint density at radius 1 is 1.20 bits per heavy atom. The second kappa shape index (κ2) is 6.26. The highest BCUT2D eigenvalue weighted by Gasteiger charge is 2.21. The van der Waals surface area contributed by atoms with E-state index in [0.717, 1.165) is 11.8 Å². The molecule has 15 heavy (non-hydrogen) atoms. The van der Waals surface area contributed by atoms with E-state index in [1.54, 1.807) is 11.5 Å². The standard InChI is InChI=1S/C11H17NS.C2H6/c1-8-3-5-10(6-4-8)11-7-12-13-9(11)2;1-2/h7-8,10H,3-6H2,1-2H3;1-2H3. The number of hydrogen-bond acceptors (Lipinski definition) is 2. The Balaban J connectivity index is 0.000000531. The fourth-order valence-corrected chi connectivity index (χ4v) is 2.92. The molecule has 1 heterocycles. The molecule has 0 aliphatic heterocycles. The first kappa shape index (κ1) is 12.7. The van der Waals surface area contributed by atoms with Crippen molar-refractivity contribution in [1.29, 1.82) is 0 Å². The molecule has 1 aliphatic rings. The van der Waals surface area contributed by atoms with Gasteiger partial charge in [-0.15, -0.1) is 0 Å². The zero-order valence-corrected chi connectivity index (χ0v) is 11.2. The molecular formula is C13H23NS. The van der Waals surface area contributed by atoms with E-state index >= 15 is 0 Å². The Hall–Kier alpha value is -0.370. The normalized spacial score (nSPS) is 25.6. The third kappa shape index (κ3) is 3.30. The first-order chi connectivity index (χ1) is 7.27. The maximum absolute atomic E-state index is 4.26. The zero-order valence-electron chi connectivity index (χ0n) is 10.4. The number of nitrogens with zero attached hydrogens (tertiary/aromatic N) is 1. The molecule has 2 rings (SSSR count). The van der Waals surface area contributed by atoms with Crippen LogP contribution in [0.5, 0.6) is 0 Å². The first-order valence-corrected chi connectivity index (χ1v) is 6.96. The van der Waals surface area contributed by atoms with Crippen molar-refractivity contribution in [2.45, 2.75) is 59.3 Å². The Labute approximate surface area is 98.1 Å². The van der Waals surface area contributed by atoms with Crippen molar-refractivity contribution < 1.29 is 0 Å². The van der Waals surface area contributed by atoms with E-state index in [-0.39, 0.29) is 0 Å². The molecular weight excluding hydrogens is 202 g/mol. The molecule has 86 valence electrons. The summed E-state index contributed by atoms with van der Waals surface area (Å²) < 4.78 is 4.26. The lowest BCUT2D eigenvalue weighted by molar-refractivity contribution is 0.347. The largest absolute Gasteiger partial charge is 0.201 e. The van der Waals surface area contributed by atoms with E-state index in [1.807, 2.05) is 13.8 Å². The monoisotopic (exact) mass is 225 g/mol. The second-order valence-corrected chi connectivity index (χ2v) is 5.30. The third-order valence-corrected chi connectivity index (χ3v) is 3.96. The van der Waals surface area contributed by atoms with Gasteiger partial charge in [0.2, 0.25) is 0 Å². The molecule has 0 saturated heterocycles. The predicted octanol–water partition coefficient (Wildman–Crippen LogP) is 4.77.